The van der Waals surface area contributed by atoms with Crippen LogP contribution < -0.4 is 5.32 Å². The number of likely N-dealkylation sites (tertiary alicyclic amines) is 1. The van der Waals surface area contributed by atoms with Crippen LogP contribution in [0.1, 0.15) is 24.0 Å². The molecule has 24 heavy (non-hydrogen) atoms. The lowest BCUT2D eigenvalue weighted by atomic mass is 9.99. The van der Waals surface area contributed by atoms with Crippen LogP contribution in [0.5, 0.6) is 0 Å². The summed E-state index contributed by atoms with van der Waals surface area (Å²) in [4.78, 5) is 14.1. The fourth-order valence-corrected chi connectivity index (χ4v) is 3.04. The molecule has 1 atom stereocenters. The zero-order valence-electron chi connectivity index (χ0n) is 13.5. The Hall–Kier alpha value is -1.60. The molecule has 134 valence electrons. The summed E-state index contributed by atoms with van der Waals surface area (Å²) in [7, 11) is 0. The molecule has 2 rings (SSSR count). The molecule has 1 saturated heterocycles. The summed E-state index contributed by atoms with van der Waals surface area (Å²) in [6, 6.07) is 5.14. The summed E-state index contributed by atoms with van der Waals surface area (Å²) < 4.78 is 38.7. The van der Waals surface area contributed by atoms with Crippen molar-refractivity contribution in [2.45, 2.75) is 25.4 Å². The van der Waals surface area contributed by atoms with Gasteiger partial charge in [-0.15, -0.1) is 0 Å². The molecule has 2 N–H and O–H groups in total. The van der Waals surface area contributed by atoms with Gasteiger partial charge in [0.1, 0.15) is 0 Å². The van der Waals surface area contributed by atoms with Gasteiger partial charge in [0.05, 0.1) is 12.0 Å². The zero-order valence-corrected chi connectivity index (χ0v) is 13.5. The van der Waals surface area contributed by atoms with Crippen LogP contribution in [0, 0.1) is 5.92 Å². The average molecular weight is 344 g/mol. The molecule has 1 aliphatic rings. The molecule has 1 heterocycles. The number of aliphatic hydroxyl groups is 1. The van der Waals surface area contributed by atoms with E-state index in [1.807, 2.05) is 0 Å². The Labute approximate surface area is 139 Å². The number of amides is 1. The van der Waals surface area contributed by atoms with Crippen molar-refractivity contribution < 1.29 is 23.1 Å². The predicted molar refractivity (Wildman–Crippen MR) is 84.4 cm³/mol. The van der Waals surface area contributed by atoms with Crippen LogP contribution in [-0.2, 0) is 17.4 Å². The number of nitrogens with zero attached hydrogens (tertiary/aromatic N) is 1. The number of carbonyl (C=O) groups excluding carboxylic acids is 1. The van der Waals surface area contributed by atoms with E-state index in [-0.39, 0.29) is 24.5 Å². The highest BCUT2D eigenvalue weighted by atomic mass is 19.4. The molecular weight excluding hydrogens is 321 g/mol. The van der Waals surface area contributed by atoms with Crippen LogP contribution in [0.2, 0.25) is 0 Å². The summed E-state index contributed by atoms with van der Waals surface area (Å²) >= 11 is 0. The number of alkyl halides is 3. The summed E-state index contributed by atoms with van der Waals surface area (Å²) in [5, 5.41) is 11.9. The number of nitrogens with one attached hydrogen (secondary N) is 1. The van der Waals surface area contributed by atoms with Crippen molar-refractivity contribution >= 4 is 5.91 Å². The molecule has 0 aromatic heterocycles. The fraction of sp³-hybridized carbons (Fsp3) is 0.588. The van der Waals surface area contributed by atoms with E-state index in [1.54, 1.807) is 0 Å². The van der Waals surface area contributed by atoms with E-state index in [2.05, 4.69) is 10.2 Å². The molecule has 1 amide bonds. The second-order valence-corrected chi connectivity index (χ2v) is 6.17. The Kier molecular flexibility index (Phi) is 6.62. The van der Waals surface area contributed by atoms with Crippen LogP contribution in [0.15, 0.2) is 24.3 Å². The van der Waals surface area contributed by atoms with E-state index in [0.717, 1.165) is 32.0 Å². The number of aliphatic hydroxyl groups excluding tert-OH is 1. The predicted octanol–water partition coefficient (Wildman–Crippen LogP) is 2.07. The molecule has 0 bridgehead atoms. The van der Waals surface area contributed by atoms with Crippen molar-refractivity contribution in [1.82, 2.24) is 10.2 Å². The van der Waals surface area contributed by atoms with E-state index in [4.69, 9.17) is 0 Å². The normalized spacial score (nSPS) is 19.2. The molecule has 1 aromatic rings. The van der Waals surface area contributed by atoms with Crippen molar-refractivity contribution in [2.75, 3.05) is 32.8 Å². The maximum absolute atomic E-state index is 12.9. The van der Waals surface area contributed by atoms with E-state index >= 15 is 0 Å². The summed E-state index contributed by atoms with van der Waals surface area (Å²) in [6.45, 7) is 2.91. The van der Waals surface area contributed by atoms with E-state index in [9.17, 15) is 23.1 Å². The van der Waals surface area contributed by atoms with Crippen LogP contribution >= 0.6 is 0 Å². The smallest absolute Gasteiger partial charge is 0.396 e. The Balaban J connectivity index is 1.80. The first-order valence-electron chi connectivity index (χ1n) is 8.15. The van der Waals surface area contributed by atoms with Gasteiger partial charge in [0, 0.05) is 26.2 Å². The number of halogens is 3. The van der Waals surface area contributed by atoms with Crippen LogP contribution in [0.25, 0.3) is 0 Å². The Bertz CT molecular complexity index is 549. The molecule has 0 unspecified atom stereocenters. The van der Waals surface area contributed by atoms with Crippen molar-refractivity contribution in [3.63, 3.8) is 0 Å². The molecule has 4 nitrogen and oxygen atoms in total. The molecular formula is C17H23F3N2O2. The van der Waals surface area contributed by atoms with Crippen molar-refractivity contribution in [3.05, 3.63) is 35.4 Å². The maximum Gasteiger partial charge on any atom is 0.416 e. The lowest BCUT2D eigenvalue weighted by molar-refractivity contribution is -0.138. The largest absolute Gasteiger partial charge is 0.416 e. The molecule has 1 fully saturated rings. The summed E-state index contributed by atoms with van der Waals surface area (Å²) in [5.41, 5.74) is -0.775. The van der Waals surface area contributed by atoms with E-state index in [0.29, 0.717) is 13.1 Å². The van der Waals surface area contributed by atoms with Gasteiger partial charge in [-0.2, -0.15) is 13.2 Å². The second-order valence-electron chi connectivity index (χ2n) is 6.17. The minimum Gasteiger partial charge on any atom is -0.396 e. The highest BCUT2D eigenvalue weighted by Gasteiger charge is 2.33. The minimum absolute atomic E-state index is 0.0131. The SMILES string of the molecule is O=C(Cc1ccccc1C(F)(F)F)NCCN1CCC[C@@H](CO)C1. The van der Waals surface area contributed by atoms with Gasteiger partial charge in [0.2, 0.25) is 5.91 Å². The standard InChI is InChI=1S/C17H23F3N2O2/c18-17(19,20)15-6-2-1-5-14(15)10-16(24)21-7-9-22-8-3-4-13(11-22)12-23/h1-2,5-6,13,23H,3-4,7-12H2,(H,21,24)/t13-/m1/s1. The molecule has 0 radical (unpaired) electrons. The van der Waals surface area contributed by atoms with Gasteiger partial charge in [-0.1, -0.05) is 18.2 Å². The highest BCUT2D eigenvalue weighted by molar-refractivity contribution is 5.79. The first-order chi connectivity index (χ1) is 11.4. The van der Waals surface area contributed by atoms with Crippen LogP contribution in [0.3, 0.4) is 0 Å². The third kappa shape index (κ3) is 5.49. The number of benzene rings is 1. The third-order valence-corrected chi connectivity index (χ3v) is 4.29. The average Bonchev–Trinajstić information content (AvgIpc) is 2.54. The monoisotopic (exact) mass is 344 g/mol. The molecule has 0 aliphatic carbocycles. The number of hydrogen-bond donors (Lipinski definition) is 2. The van der Waals surface area contributed by atoms with E-state index < -0.39 is 17.6 Å². The molecule has 0 saturated carbocycles. The van der Waals surface area contributed by atoms with Crippen LogP contribution in [-0.4, -0.2) is 48.7 Å². The molecule has 1 aromatic carbocycles. The molecule has 1 aliphatic heterocycles. The summed E-state index contributed by atoms with van der Waals surface area (Å²) in [5.74, 6) is -0.143. The summed E-state index contributed by atoms with van der Waals surface area (Å²) in [6.07, 6.45) is -2.72. The number of hydrogen-bond acceptors (Lipinski definition) is 3. The minimum atomic E-state index is -4.45. The van der Waals surface area contributed by atoms with Gasteiger partial charge in [0.15, 0.2) is 0 Å². The maximum atomic E-state index is 12.9. The third-order valence-electron chi connectivity index (χ3n) is 4.29. The fourth-order valence-electron chi connectivity index (χ4n) is 3.04. The lowest BCUT2D eigenvalue weighted by Crippen LogP contribution is -2.41. The van der Waals surface area contributed by atoms with Crippen molar-refractivity contribution in [1.29, 1.82) is 0 Å². The Morgan fingerprint density at radius 1 is 1.33 bits per heavy atom. The van der Waals surface area contributed by atoms with Crippen LogP contribution in [0.4, 0.5) is 13.2 Å². The van der Waals surface area contributed by atoms with Crippen molar-refractivity contribution in [2.24, 2.45) is 5.92 Å². The van der Waals surface area contributed by atoms with Gasteiger partial charge in [-0.25, -0.2) is 0 Å². The van der Waals surface area contributed by atoms with Gasteiger partial charge in [-0.3, -0.25) is 4.79 Å². The highest BCUT2D eigenvalue weighted by Crippen LogP contribution is 2.31. The lowest BCUT2D eigenvalue weighted by Gasteiger charge is -2.31. The zero-order chi connectivity index (χ0) is 17.6. The van der Waals surface area contributed by atoms with Crippen molar-refractivity contribution in [3.8, 4) is 0 Å². The van der Waals surface area contributed by atoms with Gasteiger partial charge < -0.3 is 15.3 Å². The topological polar surface area (TPSA) is 52.6 Å². The quantitative estimate of drug-likeness (QED) is 0.831. The number of rotatable bonds is 6. The number of piperidine rings is 1. The Morgan fingerprint density at radius 2 is 2.08 bits per heavy atom. The second kappa shape index (κ2) is 8.48. The number of carbonyl (C=O) groups is 1. The first kappa shape index (κ1) is 18.7. The van der Waals surface area contributed by atoms with E-state index in [1.165, 1.54) is 18.2 Å². The van der Waals surface area contributed by atoms with Gasteiger partial charge in [0.25, 0.3) is 0 Å². The first-order valence-corrected chi connectivity index (χ1v) is 8.15. The van der Waals surface area contributed by atoms with Gasteiger partial charge in [-0.05, 0) is 36.9 Å². The van der Waals surface area contributed by atoms with Gasteiger partial charge >= 0.3 is 6.18 Å². The molecule has 7 heteroatoms. The molecule has 0 spiro atoms. The Morgan fingerprint density at radius 3 is 2.79 bits per heavy atom.